The van der Waals surface area contributed by atoms with E-state index < -0.39 is 5.97 Å². The number of nitrogens with zero attached hydrogens (tertiary/aromatic N) is 1. The van der Waals surface area contributed by atoms with E-state index in [2.05, 4.69) is 34.1 Å². The predicted molar refractivity (Wildman–Crippen MR) is 104 cm³/mol. The van der Waals surface area contributed by atoms with Crippen LogP contribution in [0.4, 0.5) is 5.69 Å². The van der Waals surface area contributed by atoms with Crippen molar-refractivity contribution in [3.63, 3.8) is 0 Å². The van der Waals surface area contributed by atoms with Gasteiger partial charge in [0.2, 0.25) is 0 Å². The molecule has 0 spiro atoms. The van der Waals surface area contributed by atoms with Crippen LogP contribution in [-0.2, 0) is 16.0 Å². The first-order valence-electron chi connectivity index (χ1n) is 8.16. The number of nitrogens with one attached hydrogen (secondary N) is 1. The molecule has 1 fully saturated rings. The molecule has 0 aliphatic carbocycles. The van der Waals surface area contributed by atoms with Crippen LogP contribution in [0, 0.1) is 0 Å². The van der Waals surface area contributed by atoms with Gasteiger partial charge in [0.1, 0.15) is 0 Å². The van der Waals surface area contributed by atoms with E-state index in [1.54, 1.807) is 24.3 Å². The Hall–Kier alpha value is -2.86. The van der Waals surface area contributed by atoms with Crippen LogP contribution in [0.25, 0.3) is 6.08 Å². The lowest BCUT2D eigenvalue weighted by Gasteiger charge is -2.00. The molecule has 2 aromatic carbocycles. The van der Waals surface area contributed by atoms with Gasteiger partial charge in [-0.05, 0) is 59.7 Å². The summed E-state index contributed by atoms with van der Waals surface area (Å²) in [4.78, 5) is 28.6. The number of esters is 1. The number of carbonyl (C=O) groups excluding carboxylic acids is 2. The highest BCUT2D eigenvalue weighted by atomic mass is 32.2. The zero-order valence-electron chi connectivity index (χ0n) is 14.5. The van der Waals surface area contributed by atoms with Crippen LogP contribution in [0.5, 0.6) is 0 Å². The maximum atomic E-state index is 12.1. The number of methoxy groups -OCH3 is 1. The smallest absolute Gasteiger partial charge is 0.337 e. The largest absolute Gasteiger partial charge is 0.465 e. The van der Waals surface area contributed by atoms with E-state index in [0.29, 0.717) is 21.3 Å². The standard InChI is InChI=1S/C20H18N2O3S/c1-3-13-4-6-14(7-5-13)12-17-18(23)22-20(26-17)21-16-10-8-15(9-11-16)19(24)25-2/h4-12H,3H2,1-2H3,(H,21,22,23)/b17-12-. The summed E-state index contributed by atoms with van der Waals surface area (Å²) >= 11 is 1.29. The number of amidine groups is 1. The molecular formula is C20H18N2O3S. The Morgan fingerprint density at radius 2 is 1.85 bits per heavy atom. The number of ether oxygens (including phenoxy) is 1. The highest BCUT2D eigenvalue weighted by Gasteiger charge is 2.23. The van der Waals surface area contributed by atoms with Gasteiger partial charge in [-0.2, -0.15) is 0 Å². The van der Waals surface area contributed by atoms with Crippen molar-refractivity contribution in [3.05, 3.63) is 70.1 Å². The average molecular weight is 366 g/mol. The van der Waals surface area contributed by atoms with Crippen LogP contribution < -0.4 is 5.32 Å². The Morgan fingerprint density at radius 3 is 2.46 bits per heavy atom. The van der Waals surface area contributed by atoms with E-state index in [1.165, 1.54) is 24.4 Å². The van der Waals surface area contributed by atoms with Crippen LogP contribution >= 0.6 is 11.8 Å². The summed E-state index contributed by atoms with van der Waals surface area (Å²) in [6.45, 7) is 2.11. The predicted octanol–water partition coefficient (Wildman–Crippen LogP) is 3.93. The molecule has 0 unspecified atom stereocenters. The Bertz CT molecular complexity index is 884. The summed E-state index contributed by atoms with van der Waals surface area (Å²) in [5.74, 6) is -0.563. The third-order valence-electron chi connectivity index (χ3n) is 3.86. The van der Waals surface area contributed by atoms with E-state index in [-0.39, 0.29) is 5.91 Å². The van der Waals surface area contributed by atoms with E-state index in [9.17, 15) is 9.59 Å². The van der Waals surface area contributed by atoms with Gasteiger partial charge in [0.25, 0.3) is 5.91 Å². The fourth-order valence-corrected chi connectivity index (χ4v) is 3.23. The molecule has 1 saturated heterocycles. The summed E-state index contributed by atoms with van der Waals surface area (Å²) in [7, 11) is 1.34. The molecule has 0 aromatic heterocycles. The van der Waals surface area contributed by atoms with Gasteiger partial charge in [-0.25, -0.2) is 9.79 Å². The van der Waals surface area contributed by atoms with Crippen molar-refractivity contribution in [2.45, 2.75) is 13.3 Å². The zero-order valence-corrected chi connectivity index (χ0v) is 15.3. The van der Waals surface area contributed by atoms with Gasteiger partial charge in [-0.3, -0.25) is 4.79 Å². The third kappa shape index (κ3) is 4.21. The van der Waals surface area contributed by atoms with Gasteiger partial charge < -0.3 is 10.1 Å². The molecule has 1 N–H and O–H groups in total. The molecule has 1 aliphatic rings. The van der Waals surface area contributed by atoms with E-state index in [0.717, 1.165) is 12.0 Å². The van der Waals surface area contributed by atoms with Gasteiger partial charge in [0.05, 0.1) is 23.3 Å². The first-order valence-corrected chi connectivity index (χ1v) is 8.97. The molecule has 0 bridgehead atoms. The lowest BCUT2D eigenvalue weighted by atomic mass is 10.1. The molecule has 3 rings (SSSR count). The monoisotopic (exact) mass is 366 g/mol. The van der Waals surface area contributed by atoms with Crippen LogP contribution in [0.15, 0.2) is 58.4 Å². The normalized spacial score (nSPS) is 16.8. The quantitative estimate of drug-likeness (QED) is 0.658. The highest BCUT2D eigenvalue weighted by molar-refractivity contribution is 8.18. The number of carbonyl (C=O) groups is 2. The molecule has 2 aromatic rings. The molecule has 0 radical (unpaired) electrons. The van der Waals surface area contributed by atoms with E-state index in [1.807, 2.05) is 18.2 Å². The lowest BCUT2D eigenvalue weighted by Crippen LogP contribution is -2.19. The minimum absolute atomic E-state index is 0.167. The van der Waals surface area contributed by atoms with Gasteiger partial charge in [-0.1, -0.05) is 31.2 Å². The maximum Gasteiger partial charge on any atom is 0.337 e. The van der Waals surface area contributed by atoms with Gasteiger partial charge in [0, 0.05) is 0 Å². The molecule has 1 heterocycles. The second kappa shape index (κ2) is 8.01. The fraction of sp³-hybridized carbons (Fsp3) is 0.150. The Kier molecular flexibility index (Phi) is 5.53. The van der Waals surface area contributed by atoms with Gasteiger partial charge >= 0.3 is 5.97 Å². The van der Waals surface area contributed by atoms with Crippen LogP contribution in [0.3, 0.4) is 0 Å². The number of rotatable bonds is 4. The average Bonchev–Trinajstić information content (AvgIpc) is 3.01. The number of benzene rings is 2. The van der Waals surface area contributed by atoms with Gasteiger partial charge in [-0.15, -0.1) is 0 Å². The SMILES string of the molecule is CCc1ccc(/C=C2\SC(=Nc3ccc(C(=O)OC)cc3)NC2=O)cc1. The van der Waals surface area contributed by atoms with Crippen LogP contribution in [0.1, 0.15) is 28.4 Å². The Labute approximate surface area is 156 Å². The van der Waals surface area contributed by atoms with E-state index >= 15 is 0 Å². The summed E-state index contributed by atoms with van der Waals surface area (Å²) in [6.07, 6.45) is 2.83. The number of hydrogen-bond acceptors (Lipinski definition) is 5. The second-order valence-corrected chi connectivity index (χ2v) is 6.65. The summed E-state index contributed by atoms with van der Waals surface area (Å²) in [5, 5.41) is 3.27. The number of aliphatic imine (C=N–C) groups is 1. The molecule has 1 amide bonds. The summed E-state index contributed by atoms with van der Waals surface area (Å²) in [6, 6.07) is 14.8. The maximum absolute atomic E-state index is 12.1. The number of amides is 1. The van der Waals surface area contributed by atoms with Crippen LogP contribution in [-0.4, -0.2) is 24.2 Å². The fourth-order valence-electron chi connectivity index (χ4n) is 2.39. The summed E-state index contributed by atoms with van der Waals surface area (Å²) in [5.41, 5.74) is 3.33. The van der Waals surface area contributed by atoms with Crippen molar-refractivity contribution in [2.24, 2.45) is 4.99 Å². The number of hydrogen-bond donors (Lipinski definition) is 1. The molecule has 1 aliphatic heterocycles. The van der Waals surface area contributed by atoms with Crippen molar-refractivity contribution >= 4 is 40.6 Å². The molecular weight excluding hydrogens is 348 g/mol. The number of aryl methyl sites for hydroxylation is 1. The van der Waals surface area contributed by atoms with Gasteiger partial charge in [0.15, 0.2) is 5.17 Å². The molecule has 26 heavy (non-hydrogen) atoms. The summed E-state index contributed by atoms with van der Waals surface area (Å²) < 4.78 is 4.67. The van der Waals surface area contributed by atoms with Crippen molar-refractivity contribution in [1.82, 2.24) is 5.32 Å². The molecule has 0 saturated carbocycles. The van der Waals surface area contributed by atoms with Crippen molar-refractivity contribution in [3.8, 4) is 0 Å². The molecule has 132 valence electrons. The van der Waals surface area contributed by atoms with Crippen LogP contribution in [0.2, 0.25) is 0 Å². The molecule has 0 atom stereocenters. The Balaban J connectivity index is 1.75. The Morgan fingerprint density at radius 1 is 1.15 bits per heavy atom. The first kappa shape index (κ1) is 17.9. The lowest BCUT2D eigenvalue weighted by molar-refractivity contribution is -0.115. The molecule has 5 nitrogen and oxygen atoms in total. The van der Waals surface area contributed by atoms with E-state index in [4.69, 9.17) is 0 Å². The van der Waals surface area contributed by atoms with Crippen molar-refractivity contribution in [1.29, 1.82) is 0 Å². The number of thioether (sulfide) groups is 1. The first-order chi connectivity index (χ1) is 12.6. The third-order valence-corrected chi connectivity index (χ3v) is 4.77. The van der Waals surface area contributed by atoms with Crippen molar-refractivity contribution < 1.29 is 14.3 Å². The second-order valence-electron chi connectivity index (χ2n) is 5.62. The highest BCUT2D eigenvalue weighted by Crippen LogP contribution is 2.28. The topological polar surface area (TPSA) is 67.8 Å². The molecule has 6 heteroatoms. The van der Waals surface area contributed by atoms with Crippen molar-refractivity contribution in [2.75, 3.05) is 7.11 Å². The minimum atomic E-state index is -0.396. The minimum Gasteiger partial charge on any atom is -0.465 e. The zero-order chi connectivity index (χ0) is 18.5.